The Hall–Kier alpha value is -1.60. The molecular formula is C19H22Cl2N2O3S. The Morgan fingerprint density at radius 2 is 1.67 bits per heavy atom. The maximum atomic E-state index is 12.9. The molecule has 0 atom stereocenters. The normalized spacial score (nSPS) is 11.7. The van der Waals surface area contributed by atoms with Crippen LogP contribution in [-0.4, -0.2) is 31.7 Å². The van der Waals surface area contributed by atoms with Gasteiger partial charge in [-0.15, -0.1) is 0 Å². The van der Waals surface area contributed by atoms with Crippen LogP contribution in [-0.2, 0) is 14.8 Å². The van der Waals surface area contributed by atoms with E-state index in [9.17, 15) is 13.2 Å². The number of halogens is 2. The van der Waals surface area contributed by atoms with Gasteiger partial charge in [0.05, 0.1) is 11.6 Å². The zero-order valence-corrected chi connectivity index (χ0v) is 18.0. The Morgan fingerprint density at radius 3 is 2.22 bits per heavy atom. The molecule has 0 saturated heterocycles. The SMILES string of the molecule is CCN(CC(=O)Nc1c(C)cc(C)cc1C)S(=O)(=O)c1cc(Cl)ccc1Cl. The molecule has 0 bridgehead atoms. The molecule has 146 valence electrons. The van der Waals surface area contributed by atoms with Gasteiger partial charge in [-0.1, -0.05) is 47.8 Å². The molecule has 0 fully saturated rings. The first-order valence-corrected chi connectivity index (χ1v) is 10.6. The van der Waals surface area contributed by atoms with Gasteiger partial charge in [-0.2, -0.15) is 4.31 Å². The molecule has 2 rings (SSSR count). The molecule has 1 N–H and O–H groups in total. The van der Waals surface area contributed by atoms with Crippen LogP contribution in [0.5, 0.6) is 0 Å². The number of carbonyl (C=O) groups is 1. The van der Waals surface area contributed by atoms with Gasteiger partial charge in [-0.25, -0.2) is 8.42 Å². The number of rotatable bonds is 6. The molecule has 2 aromatic carbocycles. The Bertz CT molecular complexity index is 952. The fourth-order valence-corrected chi connectivity index (χ4v) is 5.04. The van der Waals surface area contributed by atoms with Crippen molar-refractivity contribution in [2.24, 2.45) is 0 Å². The fourth-order valence-electron chi connectivity index (χ4n) is 2.90. The van der Waals surface area contributed by atoms with E-state index < -0.39 is 15.9 Å². The molecular weight excluding hydrogens is 407 g/mol. The van der Waals surface area contributed by atoms with Gasteiger partial charge in [0.15, 0.2) is 0 Å². The summed E-state index contributed by atoms with van der Waals surface area (Å²) in [6.07, 6.45) is 0. The molecule has 0 spiro atoms. The van der Waals surface area contributed by atoms with Crippen LogP contribution in [0.25, 0.3) is 0 Å². The highest BCUT2D eigenvalue weighted by Crippen LogP contribution is 2.28. The minimum absolute atomic E-state index is 0.0588. The molecule has 0 radical (unpaired) electrons. The molecule has 8 heteroatoms. The second-order valence-corrected chi connectivity index (χ2v) is 9.08. The number of hydrogen-bond donors (Lipinski definition) is 1. The van der Waals surface area contributed by atoms with Crippen LogP contribution in [0.1, 0.15) is 23.6 Å². The third-order valence-corrected chi connectivity index (χ3v) is 6.76. The van der Waals surface area contributed by atoms with Crippen molar-refractivity contribution in [2.75, 3.05) is 18.4 Å². The van der Waals surface area contributed by atoms with Crippen molar-refractivity contribution in [3.05, 3.63) is 57.1 Å². The van der Waals surface area contributed by atoms with Crippen LogP contribution in [0.15, 0.2) is 35.2 Å². The molecule has 27 heavy (non-hydrogen) atoms. The highest BCUT2D eigenvalue weighted by atomic mass is 35.5. The van der Waals surface area contributed by atoms with Gasteiger partial charge >= 0.3 is 0 Å². The second kappa shape index (κ2) is 8.61. The monoisotopic (exact) mass is 428 g/mol. The zero-order chi connectivity index (χ0) is 20.4. The van der Waals surface area contributed by atoms with E-state index in [0.29, 0.717) is 5.69 Å². The van der Waals surface area contributed by atoms with Crippen molar-refractivity contribution in [3.63, 3.8) is 0 Å². The summed E-state index contributed by atoms with van der Waals surface area (Å²) in [6, 6.07) is 8.14. The maximum Gasteiger partial charge on any atom is 0.245 e. The Morgan fingerprint density at radius 1 is 1.07 bits per heavy atom. The van der Waals surface area contributed by atoms with Crippen molar-refractivity contribution in [3.8, 4) is 0 Å². The minimum Gasteiger partial charge on any atom is -0.324 e. The number of hydrogen-bond acceptors (Lipinski definition) is 3. The summed E-state index contributed by atoms with van der Waals surface area (Å²) in [5.41, 5.74) is 3.63. The lowest BCUT2D eigenvalue weighted by atomic mass is 10.1. The molecule has 0 aliphatic heterocycles. The number of carbonyl (C=O) groups excluding carboxylic acids is 1. The predicted octanol–water partition coefficient (Wildman–Crippen LogP) is 4.57. The van der Waals surface area contributed by atoms with Crippen molar-refractivity contribution in [1.82, 2.24) is 4.31 Å². The third kappa shape index (κ3) is 5.02. The molecule has 1 amide bonds. The van der Waals surface area contributed by atoms with Crippen molar-refractivity contribution in [1.29, 1.82) is 0 Å². The molecule has 2 aromatic rings. The Kier molecular flexibility index (Phi) is 6.92. The number of sulfonamides is 1. The summed E-state index contributed by atoms with van der Waals surface area (Å²) in [6.45, 7) is 7.22. The lowest BCUT2D eigenvalue weighted by Gasteiger charge is -2.21. The molecule has 0 aliphatic rings. The number of nitrogens with one attached hydrogen (secondary N) is 1. The predicted molar refractivity (Wildman–Crippen MR) is 110 cm³/mol. The summed E-state index contributed by atoms with van der Waals surface area (Å²) >= 11 is 11.9. The summed E-state index contributed by atoms with van der Waals surface area (Å²) in [5, 5.41) is 3.13. The lowest BCUT2D eigenvalue weighted by molar-refractivity contribution is -0.116. The first-order valence-electron chi connectivity index (χ1n) is 8.39. The molecule has 0 unspecified atom stereocenters. The Balaban J connectivity index is 2.26. The molecule has 0 heterocycles. The van der Waals surface area contributed by atoms with E-state index in [2.05, 4.69) is 5.32 Å². The quantitative estimate of drug-likeness (QED) is 0.732. The van der Waals surface area contributed by atoms with Crippen LogP contribution in [0.4, 0.5) is 5.69 Å². The smallest absolute Gasteiger partial charge is 0.245 e. The zero-order valence-electron chi connectivity index (χ0n) is 15.6. The van der Waals surface area contributed by atoms with Crippen molar-refractivity contribution < 1.29 is 13.2 Å². The number of benzene rings is 2. The van der Waals surface area contributed by atoms with E-state index in [4.69, 9.17) is 23.2 Å². The number of aryl methyl sites for hydroxylation is 3. The van der Waals surface area contributed by atoms with Gasteiger partial charge in [0.25, 0.3) is 0 Å². The summed E-state index contributed by atoms with van der Waals surface area (Å²) < 4.78 is 26.9. The van der Waals surface area contributed by atoms with Gasteiger partial charge in [0, 0.05) is 17.3 Å². The highest BCUT2D eigenvalue weighted by Gasteiger charge is 2.28. The van der Waals surface area contributed by atoms with Gasteiger partial charge in [-0.05, 0) is 50.1 Å². The van der Waals surface area contributed by atoms with Crippen LogP contribution in [0.3, 0.4) is 0 Å². The molecule has 0 aromatic heterocycles. The molecule has 0 saturated carbocycles. The van der Waals surface area contributed by atoms with E-state index in [0.717, 1.165) is 21.0 Å². The average Bonchev–Trinajstić information content (AvgIpc) is 2.57. The van der Waals surface area contributed by atoms with Gasteiger partial charge in [0.1, 0.15) is 4.90 Å². The van der Waals surface area contributed by atoms with E-state index in [1.807, 2.05) is 32.9 Å². The third-order valence-electron chi connectivity index (χ3n) is 4.13. The lowest BCUT2D eigenvalue weighted by Crippen LogP contribution is -2.38. The van der Waals surface area contributed by atoms with Crippen LogP contribution < -0.4 is 5.32 Å². The largest absolute Gasteiger partial charge is 0.324 e. The van der Waals surface area contributed by atoms with Crippen LogP contribution in [0, 0.1) is 20.8 Å². The Labute approximate surface area is 170 Å². The van der Waals surface area contributed by atoms with Gasteiger partial charge < -0.3 is 5.32 Å². The molecule has 0 aliphatic carbocycles. The number of amides is 1. The summed E-state index contributed by atoms with van der Waals surface area (Å²) in [4.78, 5) is 12.4. The second-order valence-electron chi connectivity index (χ2n) is 6.33. The first kappa shape index (κ1) is 21.7. The number of likely N-dealkylation sites (N-methyl/N-ethyl adjacent to an activating group) is 1. The summed E-state index contributed by atoms with van der Waals surface area (Å²) in [7, 11) is -3.96. The first-order chi connectivity index (χ1) is 12.6. The standard InChI is InChI=1S/C19H22Cl2N2O3S/c1-5-23(27(25,26)17-10-15(20)6-7-16(17)21)11-18(24)22-19-13(3)8-12(2)9-14(19)4/h6-10H,5,11H2,1-4H3,(H,22,24). The maximum absolute atomic E-state index is 12.9. The van der Waals surface area contributed by atoms with Gasteiger partial charge in [-0.3, -0.25) is 4.79 Å². The minimum atomic E-state index is -3.96. The van der Waals surface area contributed by atoms with Gasteiger partial charge in [0.2, 0.25) is 15.9 Å². The summed E-state index contributed by atoms with van der Waals surface area (Å²) in [5.74, 6) is -0.423. The van der Waals surface area contributed by atoms with E-state index in [1.165, 1.54) is 18.2 Å². The average molecular weight is 429 g/mol. The number of nitrogens with zero attached hydrogens (tertiary/aromatic N) is 1. The topological polar surface area (TPSA) is 66.5 Å². The van der Waals surface area contributed by atoms with Crippen molar-refractivity contribution >= 4 is 44.8 Å². The highest BCUT2D eigenvalue weighted by molar-refractivity contribution is 7.89. The van der Waals surface area contributed by atoms with Crippen LogP contribution >= 0.6 is 23.2 Å². The van der Waals surface area contributed by atoms with Crippen molar-refractivity contribution in [2.45, 2.75) is 32.6 Å². The molecule has 5 nitrogen and oxygen atoms in total. The van der Waals surface area contributed by atoms with E-state index in [1.54, 1.807) is 6.92 Å². The van der Waals surface area contributed by atoms with E-state index in [-0.39, 0.29) is 28.0 Å². The fraction of sp³-hybridized carbons (Fsp3) is 0.316. The number of anilines is 1. The van der Waals surface area contributed by atoms with Crippen LogP contribution in [0.2, 0.25) is 10.0 Å². The van der Waals surface area contributed by atoms with E-state index >= 15 is 0 Å².